The number of rotatable bonds is 1. The molecule has 16 heavy (non-hydrogen) atoms. The van der Waals surface area contributed by atoms with Gasteiger partial charge in [0.25, 0.3) is 0 Å². The zero-order chi connectivity index (χ0) is 11.5. The number of hydrogen-bond donors (Lipinski definition) is 2. The average Bonchev–Trinajstić information content (AvgIpc) is 2.70. The second-order valence-corrected chi connectivity index (χ2v) is 3.02. The van der Waals surface area contributed by atoms with E-state index in [4.69, 9.17) is 5.26 Å². The maximum atomic E-state index is 11.0. The normalized spacial score (nSPS) is 9.75. The van der Waals surface area contributed by atoms with Crippen molar-refractivity contribution in [3.05, 3.63) is 23.8 Å². The van der Waals surface area contributed by atoms with Gasteiger partial charge in [0.2, 0.25) is 5.95 Å². The van der Waals surface area contributed by atoms with E-state index >= 15 is 0 Å². The van der Waals surface area contributed by atoms with Crippen LogP contribution in [0.5, 0.6) is 0 Å². The van der Waals surface area contributed by atoms with E-state index in [1.165, 1.54) is 7.11 Å². The molecule has 0 bridgehead atoms. The Bertz CT molecular complexity index is 582. The number of nitrogens with one attached hydrogen (secondary N) is 2. The summed E-state index contributed by atoms with van der Waals surface area (Å²) >= 11 is 0. The number of nitriles is 1. The predicted octanol–water partition coefficient (Wildman–Crippen LogP) is 1.61. The lowest BCUT2D eigenvalue weighted by molar-refractivity contribution is 0.186. The third kappa shape index (κ3) is 1.66. The lowest BCUT2D eigenvalue weighted by Crippen LogP contribution is -2.11. The molecular formula is C10H8N4O2. The molecule has 1 aromatic heterocycles. The molecule has 2 N–H and O–H groups in total. The van der Waals surface area contributed by atoms with Crippen LogP contribution in [0.1, 0.15) is 5.56 Å². The van der Waals surface area contributed by atoms with Crippen LogP contribution in [0.2, 0.25) is 0 Å². The standard InChI is InChI=1S/C10H8N4O2/c1-16-10(15)14-9-12-7-4-2-3-6(5-11)8(7)13-9/h2-4H,1H3,(H2,12,13,14,15). The van der Waals surface area contributed by atoms with Crippen LogP contribution in [0.3, 0.4) is 0 Å². The molecule has 0 aliphatic heterocycles. The fourth-order valence-electron chi connectivity index (χ4n) is 1.33. The molecule has 0 fully saturated rings. The monoisotopic (exact) mass is 216 g/mol. The molecule has 0 radical (unpaired) electrons. The number of aromatic nitrogens is 2. The van der Waals surface area contributed by atoms with E-state index in [0.29, 0.717) is 16.6 Å². The molecule has 6 nitrogen and oxygen atoms in total. The number of benzene rings is 1. The van der Waals surface area contributed by atoms with E-state index in [-0.39, 0.29) is 5.95 Å². The second-order valence-electron chi connectivity index (χ2n) is 3.02. The Morgan fingerprint density at radius 2 is 2.44 bits per heavy atom. The van der Waals surface area contributed by atoms with Gasteiger partial charge in [0.05, 0.1) is 18.2 Å². The highest BCUT2D eigenvalue weighted by Crippen LogP contribution is 2.17. The summed E-state index contributed by atoms with van der Waals surface area (Å²) in [6.07, 6.45) is -0.613. The first-order chi connectivity index (χ1) is 7.74. The van der Waals surface area contributed by atoms with Gasteiger partial charge in [-0.3, -0.25) is 5.32 Å². The van der Waals surface area contributed by atoms with Crippen LogP contribution in [0.25, 0.3) is 11.0 Å². The smallest absolute Gasteiger partial charge is 0.413 e. The van der Waals surface area contributed by atoms with Crippen LogP contribution in [0.4, 0.5) is 10.7 Å². The van der Waals surface area contributed by atoms with Crippen LogP contribution in [-0.2, 0) is 4.74 Å². The predicted molar refractivity (Wildman–Crippen MR) is 56.8 cm³/mol. The van der Waals surface area contributed by atoms with Gasteiger partial charge >= 0.3 is 6.09 Å². The minimum atomic E-state index is -0.613. The average molecular weight is 216 g/mol. The summed E-state index contributed by atoms with van der Waals surface area (Å²) in [6, 6.07) is 7.19. The number of aromatic amines is 1. The number of para-hydroxylation sites is 1. The third-order valence-corrected chi connectivity index (χ3v) is 2.04. The third-order valence-electron chi connectivity index (χ3n) is 2.04. The minimum Gasteiger partial charge on any atom is -0.453 e. The summed E-state index contributed by atoms with van der Waals surface area (Å²) in [5.41, 5.74) is 1.66. The Labute approximate surface area is 90.9 Å². The molecule has 1 aromatic carbocycles. The summed E-state index contributed by atoms with van der Waals surface area (Å²) in [4.78, 5) is 17.9. The molecule has 6 heteroatoms. The Morgan fingerprint density at radius 1 is 1.62 bits per heavy atom. The van der Waals surface area contributed by atoms with Crippen molar-refractivity contribution in [2.75, 3.05) is 12.4 Å². The van der Waals surface area contributed by atoms with Gasteiger partial charge in [0, 0.05) is 0 Å². The lowest BCUT2D eigenvalue weighted by atomic mass is 10.2. The van der Waals surface area contributed by atoms with E-state index in [2.05, 4.69) is 20.0 Å². The maximum absolute atomic E-state index is 11.0. The molecule has 0 unspecified atom stereocenters. The van der Waals surface area contributed by atoms with Gasteiger partial charge in [-0.1, -0.05) is 6.07 Å². The first-order valence-electron chi connectivity index (χ1n) is 4.48. The van der Waals surface area contributed by atoms with Crippen molar-refractivity contribution >= 4 is 23.1 Å². The minimum absolute atomic E-state index is 0.254. The van der Waals surface area contributed by atoms with Crippen LogP contribution in [-0.4, -0.2) is 23.2 Å². The van der Waals surface area contributed by atoms with E-state index in [0.717, 1.165) is 0 Å². The van der Waals surface area contributed by atoms with Crippen molar-refractivity contribution in [3.63, 3.8) is 0 Å². The van der Waals surface area contributed by atoms with E-state index in [1.54, 1.807) is 18.2 Å². The molecule has 0 aliphatic rings. The van der Waals surface area contributed by atoms with Gasteiger partial charge in [0.1, 0.15) is 11.6 Å². The fourth-order valence-corrected chi connectivity index (χ4v) is 1.33. The number of hydrogen-bond acceptors (Lipinski definition) is 4. The number of carbonyl (C=O) groups is 1. The number of H-pyrrole nitrogens is 1. The highest BCUT2D eigenvalue weighted by Gasteiger charge is 2.08. The number of nitrogens with zero attached hydrogens (tertiary/aromatic N) is 2. The van der Waals surface area contributed by atoms with Gasteiger partial charge in [0.15, 0.2) is 0 Å². The molecule has 0 saturated heterocycles. The topological polar surface area (TPSA) is 90.8 Å². The highest BCUT2D eigenvalue weighted by atomic mass is 16.5. The van der Waals surface area contributed by atoms with Crippen molar-refractivity contribution in [2.24, 2.45) is 0 Å². The zero-order valence-corrected chi connectivity index (χ0v) is 8.44. The molecule has 80 valence electrons. The van der Waals surface area contributed by atoms with Gasteiger partial charge in [-0.2, -0.15) is 5.26 Å². The Morgan fingerprint density at radius 3 is 3.12 bits per heavy atom. The largest absolute Gasteiger partial charge is 0.453 e. The van der Waals surface area contributed by atoms with Gasteiger partial charge in [-0.05, 0) is 12.1 Å². The number of ether oxygens (including phenoxy) is 1. The molecule has 0 aliphatic carbocycles. The summed E-state index contributed by atoms with van der Waals surface area (Å²) < 4.78 is 4.43. The van der Waals surface area contributed by atoms with Crippen molar-refractivity contribution in [1.29, 1.82) is 5.26 Å². The number of fused-ring (bicyclic) bond motifs is 1. The molecule has 0 atom stereocenters. The SMILES string of the molecule is COC(=O)Nc1nc2c(C#N)cccc2[nH]1. The maximum Gasteiger partial charge on any atom is 0.413 e. The van der Waals surface area contributed by atoms with E-state index in [1.807, 2.05) is 6.07 Å². The zero-order valence-electron chi connectivity index (χ0n) is 8.44. The summed E-state index contributed by atoms with van der Waals surface area (Å²) in [7, 11) is 1.26. The number of imidazole rings is 1. The fraction of sp³-hybridized carbons (Fsp3) is 0.100. The molecule has 1 heterocycles. The molecule has 2 rings (SSSR count). The van der Waals surface area contributed by atoms with Gasteiger partial charge < -0.3 is 9.72 Å². The first kappa shape index (κ1) is 9.98. The molecular weight excluding hydrogens is 208 g/mol. The van der Waals surface area contributed by atoms with Gasteiger partial charge in [-0.15, -0.1) is 0 Å². The Balaban J connectivity index is 2.45. The molecule has 2 aromatic rings. The second kappa shape index (κ2) is 3.90. The lowest BCUT2D eigenvalue weighted by Gasteiger charge is -1.96. The number of anilines is 1. The van der Waals surface area contributed by atoms with Crippen LogP contribution >= 0.6 is 0 Å². The summed E-state index contributed by atoms with van der Waals surface area (Å²) in [6.45, 7) is 0. The Hall–Kier alpha value is -2.55. The van der Waals surface area contributed by atoms with E-state index < -0.39 is 6.09 Å². The van der Waals surface area contributed by atoms with Crippen LogP contribution in [0, 0.1) is 11.3 Å². The van der Waals surface area contributed by atoms with Crippen molar-refractivity contribution < 1.29 is 9.53 Å². The Kier molecular flexibility index (Phi) is 2.44. The summed E-state index contributed by atoms with van der Waals surface area (Å²) in [5, 5.41) is 11.3. The van der Waals surface area contributed by atoms with Crippen molar-refractivity contribution in [1.82, 2.24) is 9.97 Å². The van der Waals surface area contributed by atoms with Gasteiger partial charge in [-0.25, -0.2) is 9.78 Å². The molecule has 0 spiro atoms. The van der Waals surface area contributed by atoms with Crippen molar-refractivity contribution in [2.45, 2.75) is 0 Å². The first-order valence-corrected chi connectivity index (χ1v) is 4.48. The highest BCUT2D eigenvalue weighted by molar-refractivity contribution is 5.88. The van der Waals surface area contributed by atoms with E-state index in [9.17, 15) is 4.79 Å². The molecule has 0 saturated carbocycles. The quantitative estimate of drug-likeness (QED) is 0.757. The number of methoxy groups -OCH3 is 1. The summed E-state index contributed by atoms with van der Waals surface area (Å²) in [5.74, 6) is 0.254. The molecule has 1 amide bonds. The number of carbonyl (C=O) groups excluding carboxylic acids is 1. The van der Waals surface area contributed by atoms with Crippen LogP contribution in [0.15, 0.2) is 18.2 Å². The van der Waals surface area contributed by atoms with Crippen molar-refractivity contribution in [3.8, 4) is 6.07 Å². The van der Waals surface area contributed by atoms with Crippen LogP contribution < -0.4 is 5.32 Å². The number of amides is 1.